The summed E-state index contributed by atoms with van der Waals surface area (Å²) in [5.74, 6) is -1.58. The van der Waals surface area contributed by atoms with Crippen LogP contribution in [0.1, 0.15) is 37.0 Å². The zero-order chi connectivity index (χ0) is 18.6. The first-order valence-electron chi connectivity index (χ1n) is 7.93. The Labute approximate surface area is 144 Å². The van der Waals surface area contributed by atoms with Crippen molar-refractivity contribution in [1.82, 2.24) is 5.32 Å². The molecule has 134 valence electrons. The molecule has 0 bridgehead atoms. The number of nitrogens with zero attached hydrogens (tertiary/aromatic N) is 1. The number of ether oxygens (including phenoxy) is 1. The van der Waals surface area contributed by atoms with Gasteiger partial charge in [0.1, 0.15) is 11.8 Å². The lowest BCUT2D eigenvalue weighted by Gasteiger charge is -2.29. The van der Waals surface area contributed by atoms with E-state index in [1.807, 2.05) is 0 Å². The van der Waals surface area contributed by atoms with E-state index in [9.17, 15) is 19.2 Å². The third kappa shape index (κ3) is 4.34. The number of carboxylic acids is 1. The number of rotatable bonds is 7. The molecule has 1 aromatic rings. The van der Waals surface area contributed by atoms with Gasteiger partial charge in [-0.1, -0.05) is 6.92 Å². The van der Waals surface area contributed by atoms with Crippen molar-refractivity contribution in [2.75, 3.05) is 18.1 Å². The topological polar surface area (TPSA) is 113 Å². The highest BCUT2D eigenvalue weighted by Crippen LogP contribution is 2.33. The first-order valence-corrected chi connectivity index (χ1v) is 7.93. The summed E-state index contributed by atoms with van der Waals surface area (Å²) >= 11 is 0. The minimum atomic E-state index is -1.10. The Hall–Kier alpha value is -2.90. The number of ketones is 1. The average molecular weight is 348 g/mol. The van der Waals surface area contributed by atoms with Crippen molar-refractivity contribution in [2.24, 2.45) is 0 Å². The number of carboxylic acid groups (broad SMARTS) is 1. The van der Waals surface area contributed by atoms with Crippen molar-refractivity contribution in [3.63, 3.8) is 0 Å². The Morgan fingerprint density at radius 2 is 2.08 bits per heavy atom. The SMILES string of the molecule is CCC(NC(=O)CCN1C(=O)COc2ccc(C(C)=O)cc21)C(=O)O. The van der Waals surface area contributed by atoms with Gasteiger partial charge >= 0.3 is 5.97 Å². The Kier molecular flexibility index (Phi) is 5.74. The molecule has 0 radical (unpaired) electrons. The molecule has 25 heavy (non-hydrogen) atoms. The van der Waals surface area contributed by atoms with Crippen LogP contribution in [0.2, 0.25) is 0 Å². The summed E-state index contributed by atoms with van der Waals surface area (Å²) in [5.41, 5.74) is 0.866. The first kappa shape index (κ1) is 18.4. The molecule has 0 saturated heterocycles. The lowest BCUT2D eigenvalue weighted by atomic mass is 10.1. The highest BCUT2D eigenvalue weighted by atomic mass is 16.5. The summed E-state index contributed by atoms with van der Waals surface area (Å²) in [4.78, 5) is 48.0. The third-order valence-electron chi connectivity index (χ3n) is 3.91. The van der Waals surface area contributed by atoms with Crippen LogP contribution in [0.5, 0.6) is 5.75 Å². The number of carbonyl (C=O) groups is 4. The van der Waals surface area contributed by atoms with E-state index in [2.05, 4.69) is 5.32 Å². The van der Waals surface area contributed by atoms with Gasteiger partial charge in [-0.15, -0.1) is 0 Å². The van der Waals surface area contributed by atoms with Gasteiger partial charge in [-0.05, 0) is 31.5 Å². The quantitative estimate of drug-likeness (QED) is 0.710. The maximum atomic E-state index is 12.1. The number of Topliss-reactive ketones (excluding diaryl/α,β-unsaturated/α-hetero) is 1. The molecule has 1 aliphatic rings. The van der Waals surface area contributed by atoms with Gasteiger partial charge in [-0.3, -0.25) is 14.4 Å². The standard InChI is InChI=1S/C17H20N2O6/c1-3-12(17(23)24)18-15(21)6-7-19-13-8-11(10(2)20)4-5-14(13)25-9-16(19)22/h4-5,8,12H,3,6-7,9H2,1-2H3,(H,18,21)(H,23,24). The highest BCUT2D eigenvalue weighted by Gasteiger charge is 2.27. The van der Waals surface area contributed by atoms with Gasteiger partial charge in [0.25, 0.3) is 5.91 Å². The fraction of sp³-hybridized carbons (Fsp3) is 0.412. The summed E-state index contributed by atoms with van der Waals surface area (Å²) in [6.07, 6.45) is 0.210. The zero-order valence-electron chi connectivity index (χ0n) is 14.1. The molecule has 2 N–H and O–H groups in total. The molecule has 1 aliphatic heterocycles. The number of hydrogen-bond acceptors (Lipinski definition) is 5. The number of benzene rings is 1. The van der Waals surface area contributed by atoms with E-state index in [1.165, 1.54) is 11.8 Å². The van der Waals surface area contributed by atoms with Crippen molar-refractivity contribution in [3.05, 3.63) is 23.8 Å². The first-order chi connectivity index (χ1) is 11.8. The molecule has 2 amide bonds. The van der Waals surface area contributed by atoms with Crippen molar-refractivity contribution in [2.45, 2.75) is 32.7 Å². The molecule has 8 heteroatoms. The highest BCUT2D eigenvalue weighted by molar-refractivity contribution is 6.01. The number of aliphatic carboxylic acids is 1. The zero-order valence-corrected chi connectivity index (χ0v) is 14.1. The molecular formula is C17H20N2O6. The molecule has 0 spiro atoms. The summed E-state index contributed by atoms with van der Waals surface area (Å²) in [7, 11) is 0. The van der Waals surface area contributed by atoms with Gasteiger partial charge < -0.3 is 20.1 Å². The monoisotopic (exact) mass is 348 g/mol. The number of carbonyl (C=O) groups excluding carboxylic acids is 3. The molecule has 2 rings (SSSR count). The van der Waals surface area contributed by atoms with E-state index < -0.39 is 17.9 Å². The van der Waals surface area contributed by atoms with Crippen LogP contribution in [0.25, 0.3) is 0 Å². The van der Waals surface area contributed by atoms with Gasteiger partial charge in [0.2, 0.25) is 5.91 Å². The summed E-state index contributed by atoms with van der Waals surface area (Å²) < 4.78 is 5.34. The van der Waals surface area contributed by atoms with Crippen LogP contribution in [-0.4, -0.2) is 47.9 Å². The van der Waals surface area contributed by atoms with E-state index in [0.717, 1.165) is 0 Å². The fourth-order valence-corrected chi connectivity index (χ4v) is 2.48. The predicted molar refractivity (Wildman–Crippen MR) is 88.8 cm³/mol. The number of anilines is 1. The van der Waals surface area contributed by atoms with Crippen LogP contribution >= 0.6 is 0 Å². The van der Waals surface area contributed by atoms with Crippen LogP contribution in [0, 0.1) is 0 Å². The molecule has 1 atom stereocenters. The molecule has 8 nitrogen and oxygen atoms in total. The average Bonchev–Trinajstić information content (AvgIpc) is 2.57. The number of nitrogens with one attached hydrogen (secondary N) is 1. The minimum absolute atomic E-state index is 0.0563. The Morgan fingerprint density at radius 1 is 1.36 bits per heavy atom. The molecule has 0 fully saturated rings. The van der Waals surface area contributed by atoms with Crippen molar-refractivity contribution in [3.8, 4) is 5.75 Å². The Balaban J connectivity index is 2.11. The van der Waals surface area contributed by atoms with Crippen LogP contribution in [0.3, 0.4) is 0 Å². The van der Waals surface area contributed by atoms with E-state index >= 15 is 0 Å². The Morgan fingerprint density at radius 3 is 2.68 bits per heavy atom. The molecule has 0 aromatic heterocycles. The van der Waals surface area contributed by atoms with Gasteiger partial charge in [0.15, 0.2) is 12.4 Å². The lowest BCUT2D eigenvalue weighted by Crippen LogP contribution is -2.44. The van der Waals surface area contributed by atoms with Gasteiger partial charge in [0, 0.05) is 18.5 Å². The molecular weight excluding hydrogens is 328 g/mol. The lowest BCUT2D eigenvalue weighted by molar-refractivity contribution is -0.141. The van der Waals surface area contributed by atoms with Gasteiger partial charge in [0.05, 0.1) is 5.69 Å². The van der Waals surface area contributed by atoms with Gasteiger partial charge in [-0.2, -0.15) is 0 Å². The fourth-order valence-electron chi connectivity index (χ4n) is 2.48. The van der Waals surface area contributed by atoms with Crippen LogP contribution in [-0.2, 0) is 14.4 Å². The normalized spacial score (nSPS) is 14.3. The number of hydrogen-bond donors (Lipinski definition) is 2. The van der Waals surface area contributed by atoms with E-state index in [0.29, 0.717) is 17.0 Å². The van der Waals surface area contributed by atoms with Crippen LogP contribution in [0.4, 0.5) is 5.69 Å². The van der Waals surface area contributed by atoms with Crippen molar-refractivity contribution in [1.29, 1.82) is 0 Å². The minimum Gasteiger partial charge on any atom is -0.482 e. The molecule has 1 heterocycles. The Bertz CT molecular complexity index is 715. The predicted octanol–water partition coefficient (Wildman–Crippen LogP) is 0.984. The maximum absolute atomic E-state index is 12.1. The van der Waals surface area contributed by atoms with E-state index in [1.54, 1.807) is 25.1 Å². The van der Waals surface area contributed by atoms with Gasteiger partial charge in [-0.25, -0.2) is 4.79 Å². The maximum Gasteiger partial charge on any atom is 0.326 e. The summed E-state index contributed by atoms with van der Waals surface area (Å²) in [6, 6.07) is 3.83. The molecule has 0 saturated carbocycles. The molecule has 0 aliphatic carbocycles. The van der Waals surface area contributed by atoms with E-state index in [4.69, 9.17) is 9.84 Å². The van der Waals surface area contributed by atoms with Crippen LogP contribution in [0.15, 0.2) is 18.2 Å². The molecule has 1 aromatic carbocycles. The number of fused-ring (bicyclic) bond motifs is 1. The van der Waals surface area contributed by atoms with Crippen LogP contribution < -0.4 is 15.0 Å². The second-order valence-corrected chi connectivity index (χ2v) is 5.69. The largest absolute Gasteiger partial charge is 0.482 e. The summed E-state index contributed by atoms with van der Waals surface area (Å²) in [6.45, 7) is 2.99. The molecule has 1 unspecified atom stereocenters. The summed E-state index contributed by atoms with van der Waals surface area (Å²) in [5, 5.41) is 11.4. The second kappa shape index (κ2) is 7.78. The number of amides is 2. The van der Waals surface area contributed by atoms with E-state index in [-0.39, 0.29) is 37.7 Å². The van der Waals surface area contributed by atoms with Crippen molar-refractivity contribution >= 4 is 29.3 Å². The third-order valence-corrected chi connectivity index (χ3v) is 3.91. The van der Waals surface area contributed by atoms with Crippen molar-refractivity contribution < 1.29 is 29.0 Å². The smallest absolute Gasteiger partial charge is 0.326 e. The second-order valence-electron chi connectivity index (χ2n) is 5.69.